The van der Waals surface area contributed by atoms with Gasteiger partial charge in [0.1, 0.15) is 0 Å². The fraction of sp³-hybridized carbons (Fsp3) is 0.933. The van der Waals surface area contributed by atoms with E-state index in [1.165, 1.54) is 26.1 Å². The summed E-state index contributed by atoms with van der Waals surface area (Å²) in [6, 6.07) is 0. The summed E-state index contributed by atoms with van der Waals surface area (Å²) in [6.45, 7) is 10.7. The molecule has 0 aromatic rings. The molecule has 2 rings (SSSR count). The average molecular weight is 410 g/mol. The molecule has 0 bridgehead atoms. The standard InChI is InChI=1S/C15H30N4O.HI/c1-12(2)10-19-6-5-13(11-19)8-17-15(16)18-9-14-4-3-7-20-14;/h12-14H,3-11H2,1-2H3,(H3,16,17,18);1H. The summed E-state index contributed by atoms with van der Waals surface area (Å²) in [4.78, 5) is 7.02. The number of nitrogens with one attached hydrogen (secondary N) is 1. The highest BCUT2D eigenvalue weighted by atomic mass is 127. The molecule has 0 aliphatic carbocycles. The van der Waals surface area contributed by atoms with E-state index in [-0.39, 0.29) is 24.0 Å². The number of hydrogen-bond acceptors (Lipinski definition) is 3. The second kappa shape index (κ2) is 9.84. The molecule has 0 radical (unpaired) electrons. The zero-order valence-corrected chi connectivity index (χ0v) is 15.7. The predicted molar refractivity (Wildman–Crippen MR) is 98.3 cm³/mol. The van der Waals surface area contributed by atoms with Crippen molar-refractivity contribution in [2.75, 3.05) is 39.3 Å². The number of nitrogens with zero attached hydrogens (tertiary/aromatic N) is 2. The summed E-state index contributed by atoms with van der Waals surface area (Å²) in [5.74, 6) is 1.98. The minimum Gasteiger partial charge on any atom is -0.376 e. The highest BCUT2D eigenvalue weighted by Gasteiger charge is 2.22. The zero-order chi connectivity index (χ0) is 14.4. The lowest BCUT2D eigenvalue weighted by molar-refractivity contribution is 0.114. The van der Waals surface area contributed by atoms with Crippen molar-refractivity contribution in [1.29, 1.82) is 0 Å². The number of rotatable bonds is 6. The molecule has 2 saturated heterocycles. The Morgan fingerprint density at radius 3 is 2.90 bits per heavy atom. The summed E-state index contributed by atoms with van der Waals surface area (Å²) in [5, 5.41) is 3.18. The summed E-state index contributed by atoms with van der Waals surface area (Å²) in [5.41, 5.74) is 5.92. The van der Waals surface area contributed by atoms with E-state index in [2.05, 4.69) is 29.1 Å². The lowest BCUT2D eigenvalue weighted by Gasteiger charge is -2.17. The van der Waals surface area contributed by atoms with Gasteiger partial charge in [-0.1, -0.05) is 13.8 Å². The highest BCUT2D eigenvalue weighted by molar-refractivity contribution is 14.0. The molecular formula is C15H31IN4O. The van der Waals surface area contributed by atoms with Crippen LogP contribution in [-0.2, 0) is 4.74 Å². The Labute approximate surface area is 146 Å². The normalized spacial score (nSPS) is 27.1. The van der Waals surface area contributed by atoms with Gasteiger partial charge in [-0.05, 0) is 37.6 Å². The van der Waals surface area contributed by atoms with Gasteiger partial charge < -0.3 is 20.7 Å². The first kappa shape index (κ1) is 19.0. The maximum atomic E-state index is 5.92. The topological polar surface area (TPSA) is 62.9 Å². The third-order valence-corrected chi connectivity index (χ3v) is 4.05. The van der Waals surface area contributed by atoms with E-state index in [9.17, 15) is 0 Å². The lowest BCUT2D eigenvalue weighted by atomic mass is 10.1. The van der Waals surface area contributed by atoms with Crippen molar-refractivity contribution < 1.29 is 4.74 Å². The van der Waals surface area contributed by atoms with E-state index >= 15 is 0 Å². The minimum absolute atomic E-state index is 0. The summed E-state index contributed by atoms with van der Waals surface area (Å²) >= 11 is 0. The Hall–Kier alpha value is -0.0800. The minimum atomic E-state index is 0. The zero-order valence-electron chi connectivity index (χ0n) is 13.4. The van der Waals surface area contributed by atoms with Gasteiger partial charge in [-0.2, -0.15) is 0 Å². The van der Waals surface area contributed by atoms with Crippen molar-refractivity contribution in [3.05, 3.63) is 0 Å². The van der Waals surface area contributed by atoms with Crippen molar-refractivity contribution in [3.63, 3.8) is 0 Å². The van der Waals surface area contributed by atoms with E-state index < -0.39 is 0 Å². The lowest BCUT2D eigenvalue weighted by Crippen LogP contribution is -2.37. The van der Waals surface area contributed by atoms with Gasteiger partial charge >= 0.3 is 0 Å². The summed E-state index contributed by atoms with van der Waals surface area (Å²) in [7, 11) is 0. The van der Waals surface area contributed by atoms with E-state index in [1.54, 1.807) is 0 Å². The number of hydrogen-bond donors (Lipinski definition) is 2. The van der Waals surface area contributed by atoms with Crippen molar-refractivity contribution in [2.45, 2.75) is 39.2 Å². The monoisotopic (exact) mass is 410 g/mol. The molecule has 2 aliphatic heterocycles. The van der Waals surface area contributed by atoms with Crippen molar-refractivity contribution in [2.24, 2.45) is 22.6 Å². The quantitative estimate of drug-likeness (QED) is 0.397. The van der Waals surface area contributed by atoms with Gasteiger partial charge in [-0.25, -0.2) is 0 Å². The van der Waals surface area contributed by atoms with Crippen LogP contribution in [0, 0.1) is 11.8 Å². The number of nitrogens with two attached hydrogens (primary N) is 1. The van der Waals surface area contributed by atoms with Crippen LogP contribution in [0.1, 0.15) is 33.1 Å². The van der Waals surface area contributed by atoms with E-state index in [1.807, 2.05) is 0 Å². The third-order valence-electron chi connectivity index (χ3n) is 4.05. The van der Waals surface area contributed by atoms with Gasteiger partial charge in [-0.3, -0.25) is 4.99 Å². The first-order chi connectivity index (χ1) is 9.63. The van der Waals surface area contributed by atoms with Gasteiger partial charge in [0.2, 0.25) is 0 Å². The predicted octanol–water partition coefficient (Wildman–Crippen LogP) is 1.67. The largest absolute Gasteiger partial charge is 0.376 e. The molecular weight excluding hydrogens is 379 g/mol. The van der Waals surface area contributed by atoms with Crippen molar-refractivity contribution in [3.8, 4) is 0 Å². The Morgan fingerprint density at radius 1 is 1.43 bits per heavy atom. The summed E-state index contributed by atoms with van der Waals surface area (Å²) < 4.78 is 5.55. The van der Waals surface area contributed by atoms with Crippen LogP contribution in [0.4, 0.5) is 0 Å². The molecule has 2 heterocycles. The van der Waals surface area contributed by atoms with E-state index in [4.69, 9.17) is 10.5 Å². The smallest absolute Gasteiger partial charge is 0.188 e. The van der Waals surface area contributed by atoms with Gasteiger partial charge in [0.25, 0.3) is 0 Å². The fourth-order valence-electron chi connectivity index (χ4n) is 3.05. The van der Waals surface area contributed by atoms with Crippen LogP contribution < -0.4 is 11.1 Å². The van der Waals surface area contributed by atoms with Crippen LogP contribution in [0.2, 0.25) is 0 Å². The number of guanidine groups is 1. The molecule has 5 nitrogen and oxygen atoms in total. The number of likely N-dealkylation sites (tertiary alicyclic amines) is 1. The molecule has 0 aromatic carbocycles. The molecule has 2 aliphatic rings. The fourth-order valence-corrected chi connectivity index (χ4v) is 3.05. The number of halogens is 1. The molecule has 2 atom stereocenters. The molecule has 124 valence electrons. The molecule has 2 fully saturated rings. The van der Waals surface area contributed by atoms with Crippen LogP contribution in [0.25, 0.3) is 0 Å². The SMILES string of the molecule is CC(C)CN1CCC(CN=C(N)NCC2CCCO2)C1.I. The molecule has 0 amide bonds. The highest BCUT2D eigenvalue weighted by Crippen LogP contribution is 2.17. The summed E-state index contributed by atoms with van der Waals surface area (Å²) in [6.07, 6.45) is 3.86. The maximum Gasteiger partial charge on any atom is 0.188 e. The molecule has 21 heavy (non-hydrogen) atoms. The van der Waals surface area contributed by atoms with Gasteiger partial charge in [-0.15, -0.1) is 24.0 Å². The second-order valence-electron chi connectivity index (χ2n) is 6.55. The Balaban J connectivity index is 0.00000220. The molecule has 3 N–H and O–H groups in total. The third kappa shape index (κ3) is 7.15. The van der Waals surface area contributed by atoms with Crippen LogP contribution in [0.5, 0.6) is 0 Å². The first-order valence-corrected chi connectivity index (χ1v) is 8.01. The first-order valence-electron chi connectivity index (χ1n) is 8.01. The second-order valence-corrected chi connectivity index (χ2v) is 6.55. The molecule has 6 heteroatoms. The molecule has 0 spiro atoms. The Kier molecular flexibility index (Phi) is 8.89. The maximum absolute atomic E-state index is 5.92. The molecule has 0 saturated carbocycles. The number of ether oxygens (including phenoxy) is 1. The van der Waals surface area contributed by atoms with Crippen molar-refractivity contribution >= 4 is 29.9 Å². The van der Waals surface area contributed by atoms with E-state index in [0.717, 1.165) is 38.5 Å². The average Bonchev–Trinajstić information content (AvgIpc) is 3.04. The molecule has 2 unspecified atom stereocenters. The van der Waals surface area contributed by atoms with Gasteiger partial charge in [0.05, 0.1) is 6.10 Å². The van der Waals surface area contributed by atoms with Crippen LogP contribution >= 0.6 is 24.0 Å². The van der Waals surface area contributed by atoms with Gasteiger partial charge in [0.15, 0.2) is 5.96 Å². The van der Waals surface area contributed by atoms with Crippen LogP contribution in [0.15, 0.2) is 4.99 Å². The van der Waals surface area contributed by atoms with E-state index in [0.29, 0.717) is 18.0 Å². The Bertz CT molecular complexity index is 319. The molecule has 0 aromatic heterocycles. The number of aliphatic imine (C=N–C) groups is 1. The van der Waals surface area contributed by atoms with Crippen LogP contribution in [0.3, 0.4) is 0 Å². The van der Waals surface area contributed by atoms with Crippen molar-refractivity contribution in [1.82, 2.24) is 10.2 Å². The van der Waals surface area contributed by atoms with Crippen LogP contribution in [-0.4, -0.2) is 56.3 Å². The van der Waals surface area contributed by atoms with Gasteiger partial charge in [0, 0.05) is 32.8 Å². The Morgan fingerprint density at radius 2 is 2.24 bits per heavy atom.